The largest absolute Gasteiger partial charge is 0.497 e. The highest BCUT2D eigenvalue weighted by molar-refractivity contribution is 5.76. The lowest BCUT2D eigenvalue weighted by molar-refractivity contribution is 0.111. The van der Waals surface area contributed by atoms with Crippen molar-refractivity contribution in [3.8, 4) is 17.0 Å². The molecule has 86 valence electrons. The first kappa shape index (κ1) is 10.1. The van der Waals surface area contributed by atoms with Gasteiger partial charge in [0.15, 0.2) is 12.1 Å². The van der Waals surface area contributed by atoms with Crippen molar-refractivity contribution in [1.29, 1.82) is 0 Å². The van der Waals surface area contributed by atoms with Crippen molar-refractivity contribution < 1.29 is 9.53 Å². The highest BCUT2D eigenvalue weighted by Gasteiger charge is 2.20. The van der Waals surface area contributed by atoms with E-state index < -0.39 is 0 Å². The van der Waals surface area contributed by atoms with E-state index in [9.17, 15) is 4.79 Å². The molecule has 0 amide bonds. The predicted octanol–water partition coefficient (Wildman–Crippen LogP) is 2.00. The standard InChI is InChI=1S/C13H12N2O2/c1-17-9-3-4-10-8(6-9)2-5-11-13(10)15-12(7-16)14-11/h3-4,6-7H,2,5H2,1H3,(H,14,15). The molecule has 4 heteroatoms. The minimum absolute atomic E-state index is 0.402. The molecule has 0 atom stereocenters. The number of aryl methyl sites for hydroxylation is 2. The molecule has 17 heavy (non-hydrogen) atoms. The average molecular weight is 228 g/mol. The molecule has 0 aliphatic heterocycles. The first-order valence-electron chi connectivity index (χ1n) is 5.53. The van der Waals surface area contributed by atoms with Gasteiger partial charge in [0, 0.05) is 11.3 Å². The molecule has 1 N–H and O–H groups in total. The molecule has 4 nitrogen and oxygen atoms in total. The third-order valence-corrected chi connectivity index (χ3v) is 3.12. The van der Waals surface area contributed by atoms with E-state index in [0.717, 1.165) is 41.8 Å². The Morgan fingerprint density at radius 3 is 3.06 bits per heavy atom. The number of carbonyl (C=O) groups is 1. The van der Waals surface area contributed by atoms with Gasteiger partial charge in [-0.3, -0.25) is 4.79 Å². The second kappa shape index (κ2) is 3.73. The van der Waals surface area contributed by atoms with Gasteiger partial charge in [-0.1, -0.05) is 0 Å². The first-order valence-corrected chi connectivity index (χ1v) is 5.53. The molecule has 1 aromatic heterocycles. The van der Waals surface area contributed by atoms with Gasteiger partial charge in [-0.05, 0) is 36.6 Å². The Bertz CT molecular complexity index is 587. The molecule has 3 rings (SSSR count). The van der Waals surface area contributed by atoms with Gasteiger partial charge < -0.3 is 9.72 Å². The van der Waals surface area contributed by atoms with Crippen LogP contribution in [0, 0.1) is 0 Å². The number of nitrogens with one attached hydrogen (secondary N) is 1. The van der Waals surface area contributed by atoms with E-state index in [1.54, 1.807) is 7.11 Å². The highest BCUT2D eigenvalue weighted by Crippen LogP contribution is 2.33. The molecule has 0 bridgehead atoms. The van der Waals surface area contributed by atoms with E-state index in [-0.39, 0.29) is 0 Å². The normalized spacial score (nSPS) is 12.8. The summed E-state index contributed by atoms with van der Waals surface area (Å²) >= 11 is 0. The Kier molecular flexibility index (Phi) is 2.21. The van der Waals surface area contributed by atoms with Crippen LogP contribution in [0.3, 0.4) is 0 Å². The molecule has 0 radical (unpaired) electrons. The van der Waals surface area contributed by atoms with E-state index in [1.807, 2.05) is 18.2 Å². The molecule has 1 heterocycles. The van der Waals surface area contributed by atoms with Crippen molar-refractivity contribution in [3.05, 3.63) is 35.3 Å². The number of nitrogens with zero attached hydrogens (tertiary/aromatic N) is 1. The number of fused-ring (bicyclic) bond motifs is 3. The Labute approximate surface area is 98.6 Å². The number of H-pyrrole nitrogens is 1. The van der Waals surface area contributed by atoms with Crippen LogP contribution in [-0.4, -0.2) is 23.4 Å². The SMILES string of the molecule is COc1ccc2c(c1)CCc1[nH]c(C=O)nc1-2. The summed E-state index contributed by atoms with van der Waals surface area (Å²) in [5.41, 5.74) is 4.26. The molecule has 0 fully saturated rings. The zero-order valence-corrected chi connectivity index (χ0v) is 9.49. The van der Waals surface area contributed by atoms with Gasteiger partial charge in [0.1, 0.15) is 5.75 Å². The summed E-state index contributed by atoms with van der Waals surface area (Å²) in [6.07, 6.45) is 2.58. The van der Waals surface area contributed by atoms with Gasteiger partial charge in [0.05, 0.1) is 12.8 Å². The summed E-state index contributed by atoms with van der Waals surface area (Å²) in [5, 5.41) is 0. The van der Waals surface area contributed by atoms with Crippen LogP contribution in [0.2, 0.25) is 0 Å². The number of hydrogen-bond donors (Lipinski definition) is 1. The summed E-state index contributed by atoms with van der Waals surface area (Å²) in [6.45, 7) is 0. The summed E-state index contributed by atoms with van der Waals surface area (Å²) in [5.74, 6) is 1.26. The first-order chi connectivity index (χ1) is 8.31. The summed E-state index contributed by atoms with van der Waals surface area (Å²) in [4.78, 5) is 18.1. The second-order valence-electron chi connectivity index (χ2n) is 4.09. The Balaban J connectivity index is 2.15. The van der Waals surface area contributed by atoms with Crippen molar-refractivity contribution in [2.75, 3.05) is 7.11 Å². The number of methoxy groups -OCH3 is 1. The highest BCUT2D eigenvalue weighted by atomic mass is 16.5. The Morgan fingerprint density at radius 1 is 1.41 bits per heavy atom. The summed E-state index contributed by atoms with van der Waals surface area (Å²) in [7, 11) is 1.66. The fourth-order valence-electron chi connectivity index (χ4n) is 2.28. The number of benzene rings is 1. The zero-order valence-electron chi connectivity index (χ0n) is 9.49. The molecule has 1 aliphatic carbocycles. The van der Waals surface area contributed by atoms with Crippen molar-refractivity contribution >= 4 is 6.29 Å². The van der Waals surface area contributed by atoms with Crippen LogP contribution in [0.1, 0.15) is 21.9 Å². The number of rotatable bonds is 2. The van der Waals surface area contributed by atoms with Crippen LogP contribution in [0.15, 0.2) is 18.2 Å². The molecule has 1 aliphatic rings. The van der Waals surface area contributed by atoms with Gasteiger partial charge in [-0.25, -0.2) is 4.98 Å². The maximum absolute atomic E-state index is 10.7. The lowest BCUT2D eigenvalue weighted by Gasteiger charge is -2.15. The number of hydrogen-bond acceptors (Lipinski definition) is 3. The van der Waals surface area contributed by atoms with Crippen LogP contribution in [-0.2, 0) is 12.8 Å². The van der Waals surface area contributed by atoms with Crippen molar-refractivity contribution in [1.82, 2.24) is 9.97 Å². The van der Waals surface area contributed by atoms with E-state index in [1.165, 1.54) is 5.56 Å². The van der Waals surface area contributed by atoms with E-state index in [2.05, 4.69) is 9.97 Å². The van der Waals surface area contributed by atoms with Gasteiger partial charge in [-0.2, -0.15) is 0 Å². The quantitative estimate of drug-likeness (QED) is 0.800. The Morgan fingerprint density at radius 2 is 2.29 bits per heavy atom. The van der Waals surface area contributed by atoms with E-state index >= 15 is 0 Å². The molecular weight excluding hydrogens is 216 g/mol. The topological polar surface area (TPSA) is 55.0 Å². The number of carbonyl (C=O) groups excluding carboxylic acids is 1. The average Bonchev–Trinajstić information content (AvgIpc) is 2.81. The van der Waals surface area contributed by atoms with Crippen molar-refractivity contribution in [3.63, 3.8) is 0 Å². The predicted molar refractivity (Wildman–Crippen MR) is 63.4 cm³/mol. The molecule has 0 saturated heterocycles. The van der Waals surface area contributed by atoms with Crippen molar-refractivity contribution in [2.24, 2.45) is 0 Å². The molecule has 0 unspecified atom stereocenters. The van der Waals surface area contributed by atoms with Crippen LogP contribution in [0.25, 0.3) is 11.3 Å². The lowest BCUT2D eigenvalue weighted by Crippen LogP contribution is -2.03. The van der Waals surface area contributed by atoms with Crippen LogP contribution in [0.5, 0.6) is 5.75 Å². The van der Waals surface area contributed by atoms with Gasteiger partial charge >= 0.3 is 0 Å². The van der Waals surface area contributed by atoms with Crippen LogP contribution in [0.4, 0.5) is 0 Å². The minimum Gasteiger partial charge on any atom is -0.497 e. The fourth-order valence-corrected chi connectivity index (χ4v) is 2.28. The van der Waals surface area contributed by atoms with E-state index in [0.29, 0.717) is 5.82 Å². The third-order valence-electron chi connectivity index (χ3n) is 3.12. The second-order valence-corrected chi connectivity index (χ2v) is 4.09. The Hall–Kier alpha value is -2.10. The number of imidazole rings is 1. The zero-order chi connectivity index (χ0) is 11.8. The monoisotopic (exact) mass is 228 g/mol. The fraction of sp³-hybridized carbons (Fsp3) is 0.231. The van der Waals surface area contributed by atoms with Crippen LogP contribution >= 0.6 is 0 Å². The van der Waals surface area contributed by atoms with E-state index in [4.69, 9.17) is 4.74 Å². The number of aldehydes is 1. The maximum Gasteiger partial charge on any atom is 0.185 e. The summed E-state index contributed by atoms with van der Waals surface area (Å²) in [6, 6.07) is 5.96. The number of ether oxygens (including phenoxy) is 1. The molecule has 0 saturated carbocycles. The smallest absolute Gasteiger partial charge is 0.185 e. The van der Waals surface area contributed by atoms with Gasteiger partial charge in [0.25, 0.3) is 0 Å². The van der Waals surface area contributed by atoms with Gasteiger partial charge in [-0.15, -0.1) is 0 Å². The molecule has 1 aromatic carbocycles. The summed E-state index contributed by atoms with van der Waals surface area (Å²) < 4.78 is 5.21. The van der Waals surface area contributed by atoms with Gasteiger partial charge in [0.2, 0.25) is 0 Å². The van der Waals surface area contributed by atoms with Crippen molar-refractivity contribution in [2.45, 2.75) is 12.8 Å². The lowest BCUT2D eigenvalue weighted by atomic mass is 9.92. The molecule has 2 aromatic rings. The van der Waals surface area contributed by atoms with Crippen LogP contribution < -0.4 is 4.74 Å². The maximum atomic E-state index is 10.7. The molecular formula is C13H12N2O2. The number of aromatic amines is 1. The molecule has 0 spiro atoms. The minimum atomic E-state index is 0.402. The number of aromatic nitrogens is 2. The third kappa shape index (κ3) is 1.53.